The first-order valence-corrected chi connectivity index (χ1v) is 7.07. The van der Waals surface area contributed by atoms with Crippen LogP contribution in [0.1, 0.15) is 11.3 Å². The van der Waals surface area contributed by atoms with Crippen molar-refractivity contribution in [3.8, 4) is 5.88 Å². The molecule has 0 amide bonds. The second-order valence-corrected chi connectivity index (χ2v) is 5.28. The number of aryl methyl sites for hydroxylation is 1. The molecule has 0 saturated carbocycles. The molecule has 0 fully saturated rings. The summed E-state index contributed by atoms with van der Waals surface area (Å²) in [6.07, 6.45) is -3.66. The number of hydrogen-bond donors (Lipinski definition) is 0. The van der Waals surface area contributed by atoms with E-state index in [2.05, 4.69) is 9.84 Å². The Balaban J connectivity index is 2.36. The Morgan fingerprint density at radius 1 is 1.39 bits per heavy atom. The van der Waals surface area contributed by atoms with E-state index in [1.807, 2.05) is 0 Å². The lowest BCUT2D eigenvalue weighted by Gasteiger charge is -2.09. The second-order valence-electron chi connectivity index (χ2n) is 4.29. The van der Waals surface area contributed by atoms with Crippen molar-refractivity contribution in [3.63, 3.8) is 0 Å². The van der Waals surface area contributed by atoms with E-state index in [0.29, 0.717) is 9.41 Å². The third-order valence-electron chi connectivity index (χ3n) is 2.71. The maximum absolute atomic E-state index is 13.0. The highest BCUT2D eigenvalue weighted by Crippen LogP contribution is 2.38. The molecular weight excluding hydrogens is 345 g/mol. The minimum atomic E-state index is -4.83. The molecule has 0 atom stereocenters. The third kappa shape index (κ3) is 4.03. The van der Waals surface area contributed by atoms with E-state index in [1.54, 1.807) is 0 Å². The van der Waals surface area contributed by atoms with Crippen molar-refractivity contribution in [1.82, 2.24) is 9.78 Å². The van der Waals surface area contributed by atoms with Crippen LogP contribution in [0.4, 0.5) is 22.0 Å². The summed E-state index contributed by atoms with van der Waals surface area (Å²) in [6.45, 7) is -3.29. The number of pyridine rings is 1. The molecule has 0 saturated heterocycles. The third-order valence-corrected chi connectivity index (χ3v) is 3.75. The van der Waals surface area contributed by atoms with E-state index in [4.69, 9.17) is 0 Å². The van der Waals surface area contributed by atoms with Crippen LogP contribution in [0.2, 0.25) is 0 Å². The molecule has 2 aromatic rings. The molecule has 11 heteroatoms. The number of aromatic nitrogens is 3. The molecule has 23 heavy (non-hydrogen) atoms. The minimum absolute atomic E-state index is 0.118. The van der Waals surface area contributed by atoms with Gasteiger partial charge in [-0.15, -0.1) is 0 Å². The van der Waals surface area contributed by atoms with Crippen LogP contribution in [-0.4, -0.2) is 16.4 Å². The van der Waals surface area contributed by atoms with Crippen molar-refractivity contribution in [3.05, 3.63) is 40.9 Å². The van der Waals surface area contributed by atoms with Crippen molar-refractivity contribution < 1.29 is 31.4 Å². The molecule has 0 spiro atoms. The van der Waals surface area contributed by atoms with Crippen LogP contribution in [0.3, 0.4) is 0 Å². The van der Waals surface area contributed by atoms with Gasteiger partial charge in [0.25, 0.3) is 5.03 Å². The monoisotopic (exact) mass is 355 g/mol. The van der Waals surface area contributed by atoms with Gasteiger partial charge in [0.15, 0.2) is 11.9 Å². The smallest absolute Gasteiger partial charge is 0.435 e. The van der Waals surface area contributed by atoms with E-state index in [-0.39, 0.29) is 5.03 Å². The average molecular weight is 355 g/mol. The zero-order chi connectivity index (χ0) is 17.2. The van der Waals surface area contributed by atoms with Crippen molar-refractivity contribution in [2.75, 3.05) is 0 Å². The van der Waals surface area contributed by atoms with Crippen molar-refractivity contribution in [2.24, 2.45) is 7.05 Å². The summed E-state index contributed by atoms with van der Waals surface area (Å²) in [5.74, 6) is -1.09. The van der Waals surface area contributed by atoms with E-state index >= 15 is 0 Å². The fraction of sp³-hybridized carbons (Fsp3) is 0.333. The highest BCUT2D eigenvalue weighted by Gasteiger charge is 2.40. The van der Waals surface area contributed by atoms with Crippen LogP contribution in [0, 0.1) is 5.21 Å². The molecule has 0 radical (unpaired) electrons. The van der Waals surface area contributed by atoms with Crippen molar-refractivity contribution >= 4 is 11.8 Å². The summed E-state index contributed by atoms with van der Waals surface area (Å²) in [5.41, 5.74) is -1.87. The summed E-state index contributed by atoms with van der Waals surface area (Å²) in [5, 5.41) is 14.8. The Morgan fingerprint density at radius 3 is 2.65 bits per heavy atom. The first kappa shape index (κ1) is 17.3. The molecule has 0 aromatic carbocycles. The van der Waals surface area contributed by atoms with Crippen LogP contribution < -0.4 is 9.47 Å². The Morgan fingerprint density at radius 2 is 2.09 bits per heavy atom. The van der Waals surface area contributed by atoms with E-state index in [1.165, 1.54) is 24.4 Å². The van der Waals surface area contributed by atoms with Crippen molar-refractivity contribution in [1.29, 1.82) is 0 Å². The maximum Gasteiger partial charge on any atom is 0.435 e. The van der Waals surface area contributed by atoms with E-state index in [9.17, 15) is 27.2 Å². The summed E-state index contributed by atoms with van der Waals surface area (Å²) in [6, 6.07) is 4.38. The predicted molar refractivity (Wildman–Crippen MR) is 69.8 cm³/mol. The first-order valence-electron chi connectivity index (χ1n) is 6.09. The van der Waals surface area contributed by atoms with Gasteiger partial charge in [-0.25, -0.2) is 4.68 Å². The molecule has 0 aliphatic rings. The largest absolute Gasteiger partial charge is 0.618 e. The van der Waals surface area contributed by atoms with Gasteiger partial charge in [-0.2, -0.15) is 31.8 Å². The lowest BCUT2D eigenvalue weighted by molar-refractivity contribution is -0.645. The molecule has 2 aromatic heterocycles. The molecule has 126 valence electrons. The Hall–Kier alpha value is -2.04. The number of thioether (sulfide) groups is 1. The molecule has 2 heterocycles. The van der Waals surface area contributed by atoms with Crippen LogP contribution in [0.15, 0.2) is 29.4 Å². The van der Waals surface area contributed by atoms with Crippen molar-refractivity contribution in [2.45, 2.75) is 23.6 Å². The van der Waals surface area contributed by atoms with Crippen LogP contribution in [0.25, 0.3) is 0 Å². The van der Waals surface area contributed by atoms with Gasteiger partial charge in [-0.1, -0.05) is 11.8 Å². The standard InChI is InChI=1S/C12H10F5N3O2S/c1-19-10(22-11(13)14)7(9(18-19)12(15,16)17)6-23-8-4-2-3-5-20(8)21/h2-5,11H,6H2,1H3. The molecule has 2 rings (SSSR count). The molecule has 0 N–H and O–H groups in total. The molecule has 0 bridgehead atoms. The second kappa shape index (κ2) is 6.60. The summed E-state index contributed by atoms with van der Waals surface area (Å²) < 4.78 is 69.0. The molecule has 5 nitrogen and oxygen atoms in total. The van der Waals surface area contributed by atoms with Gasteiger partial charge < -0.3 is 9.94 Å². The first-order chi connectivity index (χ1) is 10.7. The van der Waals surface area contributed by atoms with E-state index < -0.39 is 35.7 Å². The van der Waals surface area contributed by atoms with Gasteiger partial charge in [0.1, 0.15) is 0 Å². The Bertz CT molecular complexity index is 690. The fourth-order valence-corrected chi connectivity index (χ4v) is 2.73. The molecular formula is C12H10F5N3O2S. The molecule has 0 aliphatic carbocycles. The van der Waals surface area contributed by atoms with Crippen LogP contribution in [0.5, 0.6) is 5.88 Å². The fourth-order valence-electron chi connectivity index (χ4n) is 1.81. The van der Waals surface area contributed by atoms with Gasteiger partial charge in [-0.05, 0) is 6.07 Å². The summed E-state index contributed by atoms with van der Waals surface area (Å²) in [7, 11) is 1.07. The lowest BCUT2D eigenvalue weighted by atomic mass is 10.2. The van der Waals surface area contributed by atoms with Crippen LogP contribution in [-0.2, 0) is 19.0 Å². The van der Waals surface area contributed by atoms with Gasteiger partial charge in [0, 0.05) is 24.9 Å². The zero-order valence-electron chi connectivity index (χ0n) is 11.6. The average Bonchev–Trinajstić information content (AvgIpc) is 2.74. The zero-order valence-corrected chi connectivity index (χ0v) is 12.4. The minimum Gasteiger partial charge on any atom is -0.618 e. The van der Waals surface area contributed by atoms with E-state index in [0.717, 1.165) is 18.8 Å². The van der Waals surface area contributed by atoms with Crippen LogP contribution >= 0.6 is 11.8 Å². The number of hydrogen-bond acceptors (Lipinski definition) is 4. The molecule has 0 unspecified atom stereocenters. The summed E-state index contributed by atoms with van der Waals surface area (Å²) in [4.78, 5) is 0. The Kier molecular flexibility index (Phi) is 4.97. The SMILES string of the molecule is Cn1nc(C(F)(F)F)c(CSc2cccc[n+]2[O-])c1OC(F)F. The number of halogens is 5. The van der Waals surface area contributed by atoms with Gasteiger partial charge in [0.2, 0.25) is 5.88 Å². The van der Waals surface area contributed by atoms with Gasteiger partial charge in [0.05, 0.1) is 5.56 Å². The number of rotatable bonds is 5. The highest BCUT2D eigenvalue weighted by atomic mass is 32.2. The molecule has 0 aliphatic heterocycles. The highest BCUT2D eigenvalue weighted by molar-refractivity contribution is 7.98. The van der Waals surface area contributed by atoms with Gasteiger partial charge >= 0.3 is 12.8 Å². The topological polar surface area (TPSA) is 54.0 Å². The Labute approximate surface area is 131 Å². The lowest BCUT2D eigenvalue weighted by Crippen LogP contribution is -2.27. The maximum atomic E-state index is 13.0. The predicted octanol–water partition coefficient (Wildman–Crippen LogP) is 2.97. The van der Waals surface area contributed by atoms with Gasteiger partial charge in [-0.3, -0.25) is 0 Å². The quantitative estimate of drug-likeness (QED) is 0.358. The normalized spacial score (nSPS) is 12.0. The number of ether oxygens (including phenoxy) is 1. The number of alkyl halides is 5. The summed E-state index contributed by atoms with van der Waals surface area (Å²) >= 11 is 0.757. The number of nitrogens with zero attached hydrogens (tertiary/aromatic N) is 3.